The first-order valence-electron chi connectivity index (χ1n) is 10.8. The summed E-state index contributed by atoms with van der Waals surface area (Å²) in [6, 6.07) is 6.20. The van der Waals surface area contributed by atoms with E-state index >= 15 is 0 Å². The summed E-state index contributed by atoms with van der Waals surface area (Å²) in [5.41, 5.74) is 0.959. The average molecular weight is 444 g/mol. The van der Waals surface area contributed by atoms with Gasteiger partial charge in [-0.2, -0.15) is 13.9 Å². The van der Waals surface area contributed by atoms with E-state index in [1.807, 2.05) is 6.92 Å². The number of benzene rings is 1. The van der Waals surface area contributed by atoms with Gasteiger partial charge in [-0.3, -0.25) is 9.78 Å². The summed E-state index contributed by atoms with van der Waals surface area (Å²) in [5, 5.41) is 6.93. The number of carbonyl (C=O) groups is 1. The van der Waals surface area contributed by atoms with Crippen LogP contribution in [0.15, 0.2) is 42.9 Å². The average Bonchev–Trinajstić information content (AvgIpc) is 3.11. The number of halogens is 3. The van der Waals surface area contributed by atoms with Crippen LogP contribution in [0.4, 0.5) is 18.9 Å². The number of alkyl halides is 2. The summed E-state index contributed by atoms with van der Waals surface area (Å²) < 4.78 is 45.8. The van der Waals surface area contributed by atoms with E-state index in [1.165, 1.54) is 18.3 Å². The summed E-state index contributed by atoms with van der Waals surface area (Å²) >= 11 is 0. The van der Waals surface area contributed by atoms with E-state index in [0.717, 1.165) is 19.0 Å². The monoisotopic (exact) mass is 444 g/mol. The molecule has 0 aliphatic heterocycles. The number of anilines is 1. The fraction of sp³-hybridized carbons (Fsp3) is 0.435. The predicted octanol–water partition coefficient (Wildman–Crippen LogP) is 5.03. The molecule has 5 atom stereocenters. The van der Waals surface area contributed by atoms with E-state index in [0.29, 0.717) is 39.6 Å². The summed E-state index contributed by atoms with van der Waals surface area (Å²) in [4.78, 5) is 17.0. The van der Waals surface area contributed by atoms with Crippen LogP contribution >= 0.6 is 0 Å². The largest absolute Gasteiger partial charge is 0.490 e. The molecule has 0 bridgehead atoms. The summed E-state index contributed by atoms with van der Waals surface area (Å²) in [6.07, 6.45) is 6.38. The second-order valence-corrected chi connectivity index (χ2v) is 8.58. The van der Waals surface area contributed by atoms with Gasteiger partial charge < -0.3 is 10.1 Å². The van der Waals surface area contributed by atoms with Gasteiger partial charge in [0.25, 0.3) is 0 Å². The fourth-order valence-corrected chi connectivity index (χ4v) is 5.29. The molecule has 1 aromatic carbocycles. The normalized spacial score (nSPS) is 25.0. The van der Waals surface area contributed by atoms with Crippen LogP contribution < -0.4 is 10.1 Å². The predicted molar refractivity (Wildman–Crippen MR) is 112 cm³/mol. The minimum absolute atomic E-state index is 0.0139. The molecule has 1 amide bonds. The molecule has 6 nitrogen and oxygen atoms in total. The number of rotatable bonds is 7. The minimum Gasteiger partial charge on any atom is -0.490 e. The molecular formula is C23H23F3N4O2. The van der Waals surface area contributed by atoms with E-state index in [-0.39, 0.29) is 35.4 Å². The van der Waals surface area contributed by atoms with Crippen LogP contribution in [0, 0.1) is 29.5 Å². The van der Waals surface area contributed by atoms with E-state index < -0.39 is 6.55 Å². The molecule has 2 heterocycles. The van der Waals surface area contributed by atoms with Crippen LogP contribution in [-0.4, -0.2) is 26.8 Å². The lowest BCUT2D eigenvalue weighted by Crippen LogP contribution is -2.27. The Morgan fingerprint density at radius 3 is 2.75 bits per heavy atom. The van der Waals surface area contributed by atoms with Crippen molar-refractivity contribution in [1.29, 1.82) is 0 Å². The van der Waals surface area contributed by atoms with Gasteiger partial charge >= 0.3 is 6.55 Å². The van der Waals surface area contributed by atoms with Crippen LogP contribution in [0.1, 0.15) is 32.7 Å². The lowest BCUT2D eigenvalue weighted by atomic mass is 9.93. The number of hydrogen-bond donors (Lipinski definition) is 1. The quantitative estimate of drug-likeness (QED) is 0.555. The van der Waals surface area contributed by atoms with Crippen LogP contribution in [0.2, 0.25) is 0 Å². The Labute approximate surface area is 182 Å². The molecular weight excluding hydrogens is 421 g/mol. The number of ether oxygens (including phenoxy) is 1. The Balaban J connectivity index is 1.21. The van der Waals surface area contributed by atoms with Crippen LogP contribution in [-0.2, 0) is 4.79 Å². The van der Waals surface area contributed by atoms with E-state index in [9.17, 15) is 18.0 Å². The van der Waals surface area contributed by atoms with Crippen molar-refractivity contribution in [3.8, 4) is 5.75 Å². The number of fused-ring (bicyclic) bond motifs is 2. The molecule has 5 rings (SSSR count). The SMILES string of the molecule is CCC(C(=O)Nc1cnn(C(F)F)c1)C1[C@H]2CC(Oc3ccnc4ccc(F)cc34)C[C@@H]12. The number of pyridine rings is 1. The number of hydrogen-bond acceptors (Lipinski definition) is 4. The zero-order valence-electron chi connectivity index (χ0n) is 17.4. The summed E-state index contributed by atoms with van der Waals surface area (Å²) in [6.45, 7) is -0.775. The lowest BCUT2D eigenvalue weighted by Gasteiger charge is -2.21. The third kappa shape index (κ3) is 3.80. The summed E-state index contributed by atoms with van der Waals surface area (Å²) in [7, 11) is 0. The fourth-order valence-electron chi connectivity index (χ4n) is 5.29. The van der Waals surface area contributed by atoms with Crippen molar-refractivity contribution in [2.24, 2.45) is 23.7 Å². The van der Waals surface area contributed by atoms with Gasteiger partial charge in [-0.15, -0.1) is 0 Å². The second-order valence-electron chi connectivity index (χ2n) is 8.58. The highest BCUT2D eigenvalue weighted by Gasteiger charge is 2.60. The maximum absolute atomic E-state index is 13.7. The minimum atomic E-state index is -2.74. The molecule has 32 heavy (non-hydrogen) atoms. The van der Waals surface area contributed by atoms with Crippen molar-refractivity contribution in [1.82, 2.24) is 14.8 Å². The number of aromatic nitrogens is 3. The highest BCUT2D eigenvalue weighted by Crippen LogP contribution is 2.62. The molecule has 3 unspecified atom stereocenters. The third-order valence-electron chi connectivity index (χ3n) is 6.74. The maximum atomic E-state index is 13.7. The number of nitrogens with zero attached hydrogens (tertiary/aromatic N) is 3. The third-order valence-corrected chi connectivity index (χ3v) is 6.74. The van der Waals surface area contributed by atoms with Crippen LogP contribution in [0.5, 0.6) is 5.75 Å². The Morgan fingerprint density at radius 1 is 1.28 bits per heavy atom. The first-order chi connectivity index (χ1) is 15.4. The molecule has 168 valence electrons. The molecule has 2 aliphatic carbocycles. The molecule has 0 spiro atoms. The van der Waals surface area contributed by atoms with Crippen LogP contribution in [0.3, 0.4) is 0 Å². The molecule has 2 aromatic heterocycles. The van der Waals surface area contributed by atoms with E-state index in [1.54, 1.807) is 18.3 Å². The van der Waals surface area contributed by atoms with Crippen molar-refractivity contribution < 1.29 is 22.7 Å². The standard InChI is InChI=1S/C23H23F3N4O2/c1-2-15(22(31)29-13-10-28-30(11-13)23(25)26)21-16-8-14(9-17(16)21)32-20-5-6-27-19-4-3-12(24)7-18(19)20/h3-7,10-11,14-17,21,23H,2,8-9H2,1H3,(H,29,31)/t14?,15?,16-,17+,21?. The zero-order chi connectivity index (χ0) is 22.4. The Morgan fingerprint density at radius 2 is 2.06 bits per heavy atom. The van der Waals surface area contributed by atoms with Gasteiger partial charge in [0.1, 0.15) is 11.6 Å². The molecule has 0 radical (unpaired) electrons. The molecule has 3 aromatic rings. The number of carbonyl (C=O) groups excluding carboxylic acids is 1. The molecule has 2 fully saturated rings. The van der Waals surface area contributed by atoms with Crippen molar-refractivity contribution in [2.45, 2.75) is 38.8 Å². The maximum Gasteiger partial charge on any atom is 0.333 e. The number of nitrogens with one attached hydrogen (secondary N) is 1. The topological polar surface area (TPSA) is 69.0 Å². The molecule has 9 heteroatoms. The first kappa shape index (κ1) is 20.8. The van der Waals surface area contributed by atoms with Gasteiger partial charge in [-0.25, -0.2) is 9.07 Å². The van der Waals surface area contributed by atoms with Gasteiger partial charge in [0.15, 0.2) is 0 Å². The molecule has 2 saturated carbocycles. The summed E-state index contributed by atoms with van der Waals surface area (Å²) in [5.74, 6) is 0.995. The molecule has 2 aliphatic rings. The smallest absolute Gasteiger partial charge is 0.333 e. The van der Waals surface area contributed by atoms with E-state index in [4.69, 9.17) is 4.74 Å². The van der Waals surface area contributed by atoms with Gasteiger partial charge in [0.2, 0.25) is 5.91 Å². The van der Waals surface area contributed by atoms with Crippen LogP contribution in [0.25, 0.3) is 10.9 Å². The van der Waals surface area contributed by atoms with Crippen molar-refractivity contribution >= 4 is 22.5 Å². The first-order valence-corrected chi connectivity index (χ1v) is 10.8. The van der Waals surface area contributed by atoms with Crippen molar-refractivity contribution in [2.75, 3.05) is 5.32 Å². The van der Waals surface area contributed by atoms with Gasteiger partial charge in [0.05, 0.1) is 29.7 Å². The highest BCUT2D eigenvalue weighted by atomic mass is 19.3. The zero-order valence-corrected chi connectivity index (χ0v) is 17.4. The number of amides is 1. The Kier molecular flexibility index (Phi) is 5.27. The van der Waals surface area contributed by atoms with Crippen molar-refractivity contribution in [3.63, 3.8) is 0 Å². The lowest BCUT2D eigenvalue weighted by molar-refractivity contribution is -0.121. The van der Waals surface area contributed by atoms with Gasteiger partial charge in [0, 0.05) is 17.5 Å². The van der Waals surface area contributed by atoms with Gasteiger partial charge in [-0.05, 0) is 61.3 Å². The van der Waals surface area contributed by atoms with Gasteiger partial charge in [-0.1, -0.05) is 6.92 Å². The van der Waals surface area contributed by atoms with Crippen molar-refractivity contribution in [3.05, 3.63) is 48.7 Å². The second kappa shape index (κ2) is 8.11. The molecule has 1 N–H and O–H groups in total. The highest BCUT2D eigenvalue weighted by molar-refractivity contribution is 5.92. The Bertz CT molecular complexity index is 1140. The molecule has 0 saturated heterocycles. The Hall–Kier alpha value is -3.10. The van der Waals surface area contributed by atoms with E-state index in [2.05, 4.69) is 15.4 Å².